The number of benzene rings is 2. The van der Waals surface area contributed by atoms with E-state index in [4.69, 9.17) is 0 Å². The smallest absolute Gasteiger partial charge is 0.259 e. The molecule has 3 aromatic rings. The highest BCUT2D eigenvalue weighted by atomic mass is 16.3. The van der Waals surface area contributed by atoms with Crippen molar-refractivity contribution in [3.8, 4) is 17.0 Å². The topological polar surface area (TPSA) is 75.1 Å². The maximum Gasteiger partial charge on any atom is 0.259 e. The molecule has 1 aromatic heterocycles. The van der Waals surface area contributed by atoms with Gasteiger partial charge in [-0.25, -0.2) is 9.97 Å². The number of carbonyl (C=O) groups is 1. The minimum Gasteiger partial charge on any atom is -0.507 e. The number of phenolic OH excluding ortho intramolecular Hbond substituents is 1. The Labute approximate surface area is 140 Å². The van der Waals surface area contributed by atoms with Gasteiger partial charge in [-0.3, -0.25) is 4.79 Å². The molecule has 0 unspecified atom stereocenters. The third kappa shape index (κ3) is 3.41. The number of anilines is 1. The van der Waals surface area contributed by atoms with E-state index in [0.717, 1.165) is 16.8 Å². The van der Waals surface area contributed by atoms with Crippen LogP contribution in [-0.2, 0) is 0 Å². The van der Waals surface area contributed by atoms with E-state index in [-0.39, 0.29) is 17.2 Å². The molecule has 0 bridgehead atoms. The Balaban J connectivity index is 1.87. The monoisotopic (exact) mass is 319 g/mol. The van der Waals surface area contributed by atoms with Gasteiger partial charge in [0.05, 0.1) is 11.3 Å². The summed E-state index contributed by atoms with van der Waals surface area (Å²) in [6.07, 6.45) is 1.70. The molecule has 5 heteroatoms. The van der Waals surface area contributed by atoms with Gasteiger partial charge in [0.1, 0.15) is 11.6 Å². The van der Waals surface area contributed by atoms with Crippen LogP contribution in [0.5, 0.6) is 5.75 Å². The molecule has 0 atom stereocenters. The van der Waals surface area contributed by atoms with Gasteiger partial charge in [0.15, 0.2) is 0 Å². The Morgan fingerprint density at radius 1 is 1.08 bits per heavy atom. The largest absolute Gasteiger partial charge is 0.507 e. The minimum absolute atomic E-state index is 0.0410. The Kier molecular flexibility index (Phi) is 4.24. The fourth-order valence-electron chi connectivity index (χ4n) is 2.40. The highest BCUT2D eigenvalue weighted by molar-refractivity contribution is 6.06. The van der Waals surface area contributed by atoms with Crippen LogP contribution in [0.3, 0.4) is 0 Å². The Bertz CT molecular complexity index is 907. The number of aromatic hydroxyl groups is 1. The molecule has 0 aliphatic heterocycles. The van der Waals surface area contributed by atoms with E-state index >= 15 is 0 Å². The van der Waals surface area contributed by atoms with Crippen LogP contribution in [0.25, 0.3) is 11.3 Å². The van der Waals surface area contributed by atoms with Crippen LogP contribution in [0.15, 0.2) is 54.7 Å². The number of aromatic nitrogens is 2. The molecule has 0 radical (unpaired) electrons. The summed E-state index contributed by atoms with van der Waals surface area (Å²) in [5.74, 6) is 0.291. The summed E-state index contributed by atoms with van der Waals surface area (Å²) in [6, 6.07) is 14.1. The maximum atomic E-state index is 12.4. The summed E-state index contributed by atoms with van der Waals surface area (Å²) < 4.78 is 0. The number of rotatable bonds is 3. The first-order chi connectivity index (χ1) is 11.5. The highest BCUT2D eigenvalue weighted by Gasteiger charge is 2.12. The lowest BCUT2D eigenvalue weighted by Crippen LogP contribution is -2.12. The van der Waals surface area contributed by atoms with Crippen LogP contribution in [0.2, 0.25) is 0 Å². The van der Waals surface area contributed by atoms with E-state index < -0.39 is 0 Å². The normalized spacial score (nSPS) is 10.4. The van der Waals surface area contributed by atoms with Crippen LogP contribution in [0, 0.1) is 13.8 Å². The third-order valence-corrected chi connectivity index (χ3v) is 3.59. The molecule has 0 saturated heterocycles. The van der Waals surface area contributed by atoms with Crippen LogP contribution >= 0.6 is 0 Å². The van der Waals surface area contributed by atoms with E-state index in [1.165, 1.54) is 6.07 Å². The van der Waals surface area contributed by atoms with Crippen LogP contribution in [-0.4, -0.2) is 21.0 Å². The fourth-order valence-corrected chi connectivity index (χ4v) is 2.40. The maximum absolute atomic E-state index is 12.4. The van der Waals surface area contributed by atoms with Crippen molar-refractivity contribution in [2.24, 2.45) is 0 Å². The molecule has 0 saturated carbocycles. The molecule has 1 amide bonds. The number of amides is 1. The number of hydrogen-bond acceptors (Lipinski definition) is 4. The highest BCUT2D eigenvalue weighted by Crippen LogP contribution is 2.23. The molecule has 0 spiro atoms. The first-order valence-electron chi connectivity index (χ1n) is 7.54. The summed E-state index contributed by atoms with van der Waals surface area (Å²) in [7, 11) is 0. The second-order valence-electron chi connectivity index (χ2n) is 5.54. The predicted molar refractivity (Wildman–Crippen MR) is 93.0 cm³/mol. The Morgan fingerprint density at radius 2 is 1.92 bits per heavy atom. The fraction of sp³-hybridized carbons (Fsp3) is 0.105. The number of carbonyl (C=O) groups excluding carboxylic acids is 1. The standard InChI is InChI=1S/C19H17N3O2/c1-12-6-7-18(23)16(10-12)19(24)22-15-5-3-4-14(11-15)17-8-9-20-13(2)21-17/h3-11,23H,1-2H3,(H,22,24). The molecule has 2 aromatic carbocycles. The molecule has 5 nitrogen and oxygen atoms in total. The molecular formula is C19H17N3O2. The van der Waals surface area contributed by atoms with Crippen LogP contribution < -0.4 is 5.32 Å². The Hall–Kier alpha value is -3.21. The second-order valence-corrected chi connectivity index (χ2v) is 5.54. The van der Waals surface area contributed by atoms with E-state index in [1.807, 2.05) is 38.1 Å². The van der Waals surface area contributed by atoms with Crippen molar-refractivity contribution in [2.75, 3.05) is 5.32 Å². The lowest BCUT2D eigenvalue weighted by atomic mass is 10.1. The van der Waals surface area contributed by atoms with Gasteiger partial charge in [-0.1, -0.05) is 23.8 Å². The number of nitrogens with zero attached hydrogens (tertiary/aromatic N) is 2. The quantitative estimate of drug-likeness (QED) is 0.771. The van der Waals surface area contributed by atoms with Crippen LogP contribution in [0.1, 0.15) is 21.7 Å². The number of nitrogens with one attached hydrogen (secondary N) is 1. The molecule has 0 aliphatic carbocycles. The summed E-state index contributed by atoms with van der Waals surface area (Å²) >= 11 is 0. The molecule has 120 valence electrons. The van der Waals surface area contributed by atoms with Gasteiger partial charge >= 0.3 is 0 Å². The van der Waals surface area contributed by atoms with Gasteiger partial charge in [-0.05, 0) is 44.2 Å². The van der Waals surface area contributed by atoms with Crippen molar-refractivity contribution in [3.63, 3.8) is 0 Å². The first-order valence-corrected chi connectivity index (χ1v) is 7.54. The second kappa shape index (κ2) is 6.50. The summed E-state index contributed by atoms with van der Waals surface area (Å²) in [6.45, 7) is 3.70. The van der Waals surface area contributed by atoms with Gasteiger partial charge in [-0.2, -0.15) is 0 Å². The van der Waals surface area contributed by atoms with E-state index in [1.54, 1.807) is 24.4 Å². The molecule has 2 N–H and O–H groups in total. The number of hydrogen-bond donors (Lipinski definition) is 2. The molecular weight excluding hydrogens is 302 g/mol. The van der Waals surface area contributed by atoms with Gasteiger partial charge in [0.25, 0.3) is 5.91 Å². The zero-order valence-corrected chi connectivity index (χ0v) is 13.4. The summed E-state index contributed by atoms with van der Waals surface area (Å²) in [5, 5.41) is 12.7. The van der Waals surface area contributed by atoms with E-state index in [9.17, 15) is 9.90 Å². The lowest BCUT2D eigenvalue weighted by molar-refractivity contribution is 0.102. The van der Waals surface area contributed by atoms with Crippen molar-refractivity contribution >= 4 is 11.6 Å². The van der Waals surface area contributed by atoms with Crippen molar-refractivity contribution in [3.05, 3.63) is 71.7 Å². The molecule has 3 rings (SSSR count). The minimum atomic E-state index is -0.354. The van der Waals surface area contributed by atoms with Crippen molar-refractivity contribution < 1.29 is 9.90 Å². The van der Waals surface area contributed by atoms with Crippen molar-refractivity contribution in [1.29, 1.82) is 0 Å². The van der Waals surface area contributed by atoms with Crippen molar-refractivity contribution in [1.82, 2.24) is 9.97 Å². The lowest BCUT2D eigenvalue weighted by Gasteiger charge is -2.09. The average molecular weight is 319 g/mol. The molecule has 1 heterocycles. The summed E-state index contributed by atoms with van der Waals surface area (Å²) in [4.78, 5) is 20.9. The SMILES string of the molecule is Cc1ccc(O)c(C(=O)Nc2cccc(-c3ccnc(C)n3)c2)c1. The number of phenols is 1. The van der Waals surface area contributed by atoms with Crippen molar-refractivity contribution in [2.45, 2.75) is 13.8 Å². The average Bonchev–Trinajstić information content (AvgIpc) is 2.57. The summed E-state index contributed by atoms with van der Waals surface area (Å²) in [5.41, 5.74) is 3.46. The third-order valence-electron chi connectivity index (χ3n) is 3.59. The molecule has 24 heavy (non-hydrogen) atoms. The van der Waals surface area contributed by atoms with Gasteiger partial charge in [0, 0.05) is 17.4 Å². The first kappa shape index (κ1) is 15.7. The molecule has 0 fully saturated rings. The zero-order chi connectivity index (χ0) is 17.1. The van der Waals surface area contributed by atoms with Gasteiger partial charge in [0.2, 0.25) is 0 Å². The Morgan fingerprint density at radius 3 is 2.71 bits per heavy atom. The van der Waals surface area contributed by atoms with E-state index in [2.05, 4.69) is 15.3 Å². The van der Waals surface area contributed by atoms with Gasteiger partial charge < -0.3 is 10.4 Å². The number of aryl methyl sites for hydroxylation is 2. The van der Waals surface area contributed by atoms with E-state index in [0.29, 0.717) is 11.5 Å². The molecule has 0 aliphatic rings. The predicted octanol–water partition coefficient (Wildman–Crippen LogP) is 3.72. The van der Waals surface area contributed by atoms with Gasteiger partial charge in [-0.15, -0.1) is 0 Å². The van der Waals surface area contributed by atoms with Crippen LogP contribution in [0.4, 0.5) is 5.69 Å². The zero-order valence-electron chi connectivity index (χ0n) is 13.4.